The molecule has 104 valence electrons. The molecular formula is C15H22N2O2. The number of methoxy groups -OCH3 is 1. The van der Waals surface area contributed by atoms with Crippen LogP contribution in [0.3, 0.4) is 0 Å². The molecule has 1 aromatic rings. The van der Waals surface area contributed by atoms with Crippen molar-refractivity contribution < 1.29 is 9.53 Å². The van der Waals surface area contributed by atoms with Crippen molar-refractivity contribution in [2.24, 2.45) is 5.73 Å². The van der Waals surface area contributed by atoms with Gasteiger partial charge in [-0.2, -0.15) is 0 Å². The molecule has 0 aromatic heterocycles. The topological polar surface area (TPSA) is 64.3 Å². The van der Waals surface area contributed by atoms with Gasteiger partial charge in [-0.1, -0.05) is 24.3 Å². The fraction of sp³-hybridized carbons (Fsp3) is 0.533. The summed E-state index contributed by atoms with van der Waals surface area (Å²) in [7, 11) is 1.72. The molecule has 1 amide bonds. The van der Waals surface area contributed by atoms with Crippen molar-refractivity contribution in [2.45, 2.75) is 37.8 Å². The maximum Gasteiger partial charge on any atom is 0.224 e. The minimum absolute atomic E-state index is 0.0317. The van der Waals surface area contributed by atoms with Crippen LogP contribution in [0.15, 0.2) is 24.3 Å². The molecule has 0 spiro atoms. The highest BCUT2D eigenvalue weighted by Gasteiger charge is 2.37. The monoisotopic (exact) mass is 262 g/mol. The number of carbonyl (C=O) groups excluding carboxylic acids is 1. The molecule has 1 fully saturated rings. The van der Waals surface area contributed by atoms with Crippen LogP contribution in [0.5, 0.6) is 0 Å². The number of rotatable bonds is 6. The van der Waals surface area contributed by atoms with E-state index in [2.05, 4.69) is 5.32 Å². The molecule has 0 heterocycles. The Labute approximate surface area is 114 Å². The Kier molecular flexibility index (Phi) is 4.56. The molecule has 19 heavy (non-hydrogen) atoms. The zero-order valence-corrected chi connectivity index (χ0v) is 11.4. The SMILES string of the molecule is COC1(CNC(=O)Cc2ccccc2CN)CCC1. The van der Waals surface area contributed by atoms with Gasteiger partial charge in [0, 0.05) is 20.2 Å². The second-order valence-electron chi connectivity index (χ2n) is 5.17. The average Bonchev–Trinajstić information content (AvgIpc) is 2.38. The van der Waals surface area contributed by atoms with Crippen molar-refractivity contribution in [2.75, 3.05) is 13.7 Å². The van der Waals surface area contributed by atoms with Gasteiger partial charge in [0.25, 0.3) is 0 Å². The molecule has 4 nitrogen and oxygen atoms in total. The largest absolute Gasteiger partial charge is 0.376 e. The van der Waals surface area contributed by atoms with Gasteiger partial charge >= 0.3 is 0 Å². The quantitative estimate of drug-likeness (QED) is 0.814. The Morgan fingerprint density at radius 1 is 1.37 bits per heavy atom. The first kappa shape index (κ1) is 14.0. The highest BCUT2D eigenvalue weighted by molar-refractivity contribution is 5.79. The number of hydrogen-bond acceptors (Lipinski definition) is 3. The smallest absolute Gasteiger partial charge is 0.224 e. The lowest BCUT2D eigenvalue weighted by molar-refractivity contribution is -0.124. The molecule has 1 saturated carbocycles. The highest BCUT2D eigenvalue weighted by Crippen LogP contribution is 2.34. The fourth-order valence-corrected chi connectivity index (χ4v) is 2.45. The Bertz CT molecular complexity index is 436. The predicted molar refractivity (Wildman–Crippen MR) is 74.6 cm³/mol. The second kappa shape index (κ2) is 6.17. The summed E-state index contributed by atoms with van der Waals surface area (Å²) in [5, 5.41) is 2.97. The van der Waals surface area contributed by atoms with Crippen molar-refractivity contribution >= 4 is 5.91 Å². The number of amides is 1. The Balaban J connectivity index is 1.87. The Morgan fingerprint density at radius 2 is 2.05 bits per heavy atom. The number of benzene rings is 1. The van der Waals surface area contributed by atoms with Crippen LogP contribution in [0.2, 0.25) is 0 Å². The first-order valence-corrected chi connectivity index (χ1v) is 6.78. The van der Waals surface area contributed by atoms with Crippen molar-refractivity contribution in [3.05, 3.63) is 35.4 Å². The van der Waals surface area contributed by atoms with Crippen LogP contribution in [-0.2, 0) is 22.5 Å². The molecular weight excluding hydrogens is 240 g/mol. The number of nitrogens with one attached hydrogen (secondary N) is 1. The van der Waals surface area contributed by atoms with Gasteiger partial charge in [0.2, 0.25) is 5.91 Å². The summed E-state index contributed by atoms with van der Waals surface area (Å²) in [5.74, 6) is 0.0317. The third kappa shape index (κ3) is 3.33. The predicted octanol–water partition coefficient (Wildman–Crippen LogP) is 1.37. The molecule has 0 atom stereocenters. The number of ether oxygens (including phenoxy) is 1. The zero-order valence-electron chi connectivity index (χ0n) is 11.4. The van der Waals surface area contributed by atoms with Crippen molar-refractivity contribution in [3.8, 4) is 0 Å². The van der Waals surface area contributed by atoms with Gasteiger partial charge in [0.05, 0.1) is 12.0 Å². The molecule has 2 rings (SSSR count). The van der Waals surface area contributed by atoms with E-state index >= 15 is 0 Å². The van der Waals surface area contributed by atoms with Crippen LogP contribution in [0, 0.1) is 0 Å². The van der Waals surface area contributed by atoms with Gasteiger partial charge < -0.3 is 15.8 Å². The molecule has 1 aromatic carbocycles. The van der Waals surface area contributed by atoms with E-state index in [1.807, 2.05) is 24.3 Å². The van der Waals surface area contributed by atoms with Gasteiger partial charge in [-0.15, -0.1) is 0 Å². The lowest BCUT2D eigenvalue weighted by atomic mass is 9.80. The van der Waals surface area contributed by atoms with E-state index in [-0.39, 0.29) is 11.5 Å². The molecule has 0 radical (unpaired) electrons. The van der Waals surface area contributed by atoms with E-state index in [9.17, 15) is 4.79 Å². The summed E-state index contributed by atoms with van der Waals surface area (Å²) >= 11 is 0. The average molecular weight is 262 g/mol. The molecule has 0 unspecified atom stereocenters. The third-order valence-electron chi connectivity index (χ3n) is 3.99. The van der Waals surface area contributed by atoms with Crippen LogP contribution in [0.25, 0.3) is 0 Å². The number of nitrogens with two attached hydrogens (primary N) is 1. The van der Waals surface area contributed by atoms with Gasteiger partial charge in [0.1, 0.15) is 0 Å². The molecule has 1 aliphatic rings. The van der Waals surface area contributed by atoms with Crippen LogP contribution >= 0.6 is 0 Å². The lowest BCUT2D eigenvalue weighted by Crippen LogP contribution is -2.49. The molecule has 0 saturated heterocycles. The van der Waals surface area contributed by atoms with Crippen molar-refractivity contribution in [1.82, 2.24) is 5.32 Å². The summed E-state index contributed by atoms with van der Waals surface area (Å²) < 4.78 is 5.48. The van der Waals surface area contributed by atoms with Gasteiger partial charge in [-0.3, -0.25) is 4.79 Å². The normalized spacial score (nSPS) is 16.7. The summed E-state index contributed by atoms with van der Waals surface area (Å²) in [5.41, 5.74) is 7.58. The van der Waals surface area contributed by atoms with Gasteiger partial charge in [-0.05, 0) is 30.4 Å². The van der Waals surface area contributed by atoms with Crippen LogP contribution in [0.1, 0.15) is 30.4 Å². The summed E-state index contributed by atoms with van der Waals surface area (Å²) in [4.78, 5) is 12.0. The lowest BCUT2D eigenvalue weighted by Gasteiger charge is -2.40. The Hall–Kier alpha value is -1.39. The van der Waals surface area contributed by atoms with E-state index < -0.39 is 0 Å². The molecule has 4 heteroatoms. The van der Waals surface area contributed by atoms with E-state index in [1.54, 1.807) is 7.11 Å². The van der Waals surface area contributed by atoms with Gasteiger partial charge in [0.15, 0.2) is 0 Å². The Morgan fingerprint density at radius 3 is 2.58 bits per heavy atom. The maximum atomic E-state index is 12.0. The third-order valence-corrected chi connectivity index (χ3v) is 3.99. The molecule has 0 bridgehead atoms. The van der Waals surface area contributed by atoms with E-state index in [4.69, 9.17) is 10.5 Å². The minimum Gasteiger partial charge on any atom is -0.376 e. The highest BCUT2D eigenvalue weighted by atomic mass is 16.5. The first-order chi connectivity index (χ1) is 9.19. The van der Waals surface area contributed by atoms with Crippen molar-refractivity contribution in [1.29, 1.82) is 0 Å². The van der Waals surface area contributed by atoms with E-state index in [0.29, 0.717) is 19.5 Å². The summed E-state index contributed by atoms with van der Waals surface area (Å²) in [6.45, 7) is 1.07. The zero-order chi connectivity index (χ0) is 13.7. The van der Waals surface area contributed by atoms with Crippen LogP contribution in [0.4, 0.5) is 0 Å². The standard InChI is InChI=1S/C15H22N2O2/c1-19-15(7-4-8-15)11-17-14(18)9-12-5-2-3-6-13(12)10-16/h2-3,5-6H,4,7-11,16H2,1H3,(H,17,18). The van der Waals surface area contributed by atoms with Crippen molar-refractivity contribution in [3.63, 3.8) is 0 Å². The summed E-state index contributed by atoms with van der Waals surface area (Å²) in [6, 6.07) is 7.80. The van der Waals surface area contributed by atoms with Gasteiger partial charge in [-0.25, -0.2) is 0 Å². The number of hydrogen-bond donors (Lipinski definition) is 2. The van der Waals surface area contributed by atoms with Crippen LogP contribution in [-0.4, -0.2) is 25.2 Å². The van der Waals surface area contributed by atoms with E-state index in [1.165, 1.54) is 6.42 Å². The van der Waals surface area contributed by atoms with E-state index in [0.717, 1.165) is 24.0 Å². The fourth-order valence-electron chi connectivity index (χ4n) is 2.45. The molecule has 0 aliphatic heterocycles. The van der Waals surface area contributed by atoms with Crippen LogP contribution < -0.4 is 11.1 Å². The minimum atomic E-state index is -0.122. The number of carbonyl (C=O) groups is 1. The summed E-state index contributed by atoms with van der Waals surface area (Å²) in [6.07, 6.45) is 3.62. The molecule has 1 aliphatic carbocycles. The maximum absolute atomic E-state index is 12.0. The second-order valence-corrected chi connectivity index (χ2v) is 5.17. The molecule has 3 N–H and O–H groups in total. The first-order valence-electron chi connectivity index (χ1n) is 6.78.